The molecular formula is C19H23N3O. The molecule has 23 heavy (non-hydrogen) atoms. The summed E-state index contributed by atoms with van der Waals surface area (Å²) in [6, 6.07) is 4.43. The second-order valence-electron chi connectivity index (χ2n) is 7.08. The molecule has 2 aliphatic rings. The summed E-state index contributed by atoms with van der Waals surface area (Å²) in [4.78, 5) is 15.1. The molecule has 1 aromatic heterocycles. The van der Waals surface area contributed by atoms with Crippen LogP contribution in [0.15, 0.2) is 24.5 Å². The number of aryl methyl sites for hydroxylation is 4. The Balaban J connectivity index is 1.60. The van der Waals surface area contributed by atoms with Crippen LogP contribution in [0.3, 0.4) is 0 Å². The molecule has 0 unspecified atom stereocenters. The molecule has 1 aliphatic heterocycles. The third-order valence-corrected chi connectivity index (χ3v) is 5.15. The minimum Gasteiger partial charge on any atom is -0.312 e. The molecule has 1 amide bonds. The molecule has 0 saturated heterocycles. The first-order valence-corrected chi connectivity index (χ1v) is 8.44. The molecule has 2 atom stereocenters. The van der Waals surface area contributed by atoms with Crippen molar-refractivity contribution in [1.82, 2.24) is 9.78 Å². The van der Waals surface area contributed by atoms with Crippen LogP contribution in [0.1, 0.15) is 41.0 Å². The van der Waals surface area contributed by atoms with E-state index in [1.165, 1.54) is 27.9 Å². The van der Waals surface area contributed by atoms with Gasteiger partial charge in [-0.1, -0.05) is 17.7 Å². The highest BCUT2D eigenvalue weighted by Crippen LogP contribution is 2.49. The number of aromatic nitrogens is 2. The van der Waals surface area contributed by atoms with E-state index in [4.69, 9.17) is 0 Å². The number of benzene rings is 1. The summed E-state index contributed by atoms with van der Waals surface area (Å²) in [5.74, 6) is 0.782. The van der Waals surface area contributed by atoms with Gasteiger partial charge in [-0.25, -0.2) is 0 Å². The van der Waals surface area contributed by atoms with Crippen LogP contribution in [0.5, 0.6) is 0 Å². The van der Waals surface area contributed by atoms with E-state index in [9.17, 15) is 4.79 Å². The lowest BCUT2D eigenvalue weighted by atomic mass is 9.95. The summed E-state index contributed by atoms with van der Waals surface area (Å²) in [7, 11) is 1.93. The molecule has 120 valence electrons. The average molecular weight is 309 g/mol. The SMILES string of the molecule is Cc1cc(C)c2c(c1)CCCN2C(=O)[C@@H]1C[C@@H]1c1cnn(C)c1. The fraction of sp³-hybridized carbons (Fsp3) is 0.474. The summed E-state index contributed by atoms with van der Waals surface area (Å²) in [6.45, 7) is 5.11. The summed E-state index contributed by atoms with van der Waals surface area (Å²) in [6.07, 6.45) is 7.04. The van der Waals surface area contributed by atoms with E-state index in [-0.39, 0.29) is 5.92 Å². The van der Waals surface area contributed by atoms with Crippen molar-refractivity contribution >= 4 is 11.6 Å². The molecule has 0 bridgehead atoms. The van der Waals surface area contributed by atoms with Crippen molar-refractivity contribution in [2.45, 2.75) is 39.0 Å². The Morgan fingerprint density at radius 1 is 1.30 bits per heavy atom. The van der Waals surface area contributed by atoms with Crippen molar-refractivity contribution in [3.8, 4) is 0 Å². The highest BCUT2D eigenvalue weighted by atomic mass is 16.2. The molecule has 1 aliphatic carbocycles. The maximum absolute atomic E-state index is 13.0. The number of hydrogen-bond donors (Lipinski definition) is 0. The first-order valence-electron chi connectivity index (χ1n) is 8.44. The van der Waals surface area contributed by atoms with Gasteiger partial charge in [-0.3, -0.25) is 9.48 Å². The van der Waals surface area contributed by atoms with E-state index >= 15 is 0 Å². The summed E-state index contributed by atoms with van der Waals surface area (Å²) < 4.78 is 1.82. The highest BCUT2D eigenvalue weighted by molar-refractivity contribution is 5.99. The minimum absolute atomic E-state index is 0.130. The van der Waals surface area contributed by atoms with Crippen LogP contribution in [0, 0.1) is 19.8 Å². The lowest BCUT2D eigenvalue weighted by Crippen LogP contribution is -2.37. The standard InChI is InChI=1S/C19H23N3O/c1-12-7-13(2)18-14(8-12)5-4-6-22(18)19(23)17-9-16(17)15-10-20-21(3)11-15/h7-8,10-11,16-17H,4-6,9H2,1-3H3/t16-,17-/m1/s1. The molecule has 4 heteroatoms. The fourth-order valence-corrected chi connectivity index (χ4v) is 4.05. The van der Waals surface area contributed by atoms with Crippen molar-refractivity contribution in [3.63, 3.8) is 0 Å². The van der Waals surface area contributed by atoms with E-state index in [1.54, 1.807) is 0 Å². The van der Waals surface area contributed by atoms with Gasteiger partial charge in [-0.2, -0.15) is 5.10 Å². The number of fused-ring (bicyclic) bond motifs is 1. The zero-order valence-corrected chi connectivity index (χ0v) is 14.0. The predicted octanol–water partition coefficient (Wildman–Crippen LogP) is 3.12. The van der Waals surface area contributed by atoms with Crippen LogP contribution in [0.4, 0.5) is 5.69 Å². The number of hydrogen-bond acceptors (Lipinski definition) is 2. The van der Waals surface area contributed by atoms with Crippen molar-refractivity contribution in [1.29, 1.82) is 0 Å². The van der Waals surface area contributed by atoms with Crippen molar-refractivity contribution < 1.29 is 4.79 Å². The Morgan fingerprint density at radius 3 is 2.87 bits per heavy atom. The molecule has 2 heterocycles. The number of nitrogens with zero attached hydrogens (tertiary/aromatic N) is 3. The van der Waals surface area contributed by atoms with Crippen LogP contribution in [0.25, 0.3) is 0 Å². The monoisotopic (exact) mass is 309 g/mol. The van der Waals surface area contributed by atoms with Gasteiger partial charge in [-0.15, -0.1) is 0 Å². The molecule has 4 nitrogen and oxygen atoms in total. The Morgan fingerprint density at radius 2 is 2.13 bits per heavy atom. The van der Waals surface area contributed by atoms with Gasteiger partial charge in [0.25, 0.3) is 0 Å². The zero-order valence-electron chi connectivity index (χ0n) is 14.0. The average Bonchev–Trinajstić information content (AvgIpc) is 3.20. The second kappa shape index (κ2) is 5.22. The van der Waals surface area contributed by atoms with Crippen LogP contribution in [0.2, 0.25) is 0 Å². The van der Waals surface area contributed by atoms with E-state index in [0.29, 0.717) is 11.8 Å². The molecule has 0 spiro atoms. The Kier molecular flexibility index (Phi) is 3.29. The maximum Gasteiger partial charge on any atom is 0.230 e. The number of carbonyl (C=O) groups excluding carboxylic acids is 1. The van der Waals surface area contributed by atoms with Gasteiger partial charge in [0, 0.05) is 31.4 Å². The first-order chi connectivity index (χ1) is 11.0. The molecule has 1 fully saturated rings. The van der Waals surface area contributed by atoms with Crippen LogP contribution in [-0.4, -0.2) is 22.2 Å². The topological polar surface area (TPSA) is 38.1 Å². The smallest absolute Gasteiger partial charge is 0.230 e. The van der Waals surface area contributed by atoms with E-state index in [0.717, 1.165) is 25.8 Å². The molecule has 4 rings (SSSR count). The van der Waals surface area contributed by atoms with Gasteiger partial charge >= 0.3 is 0 Å². The zero-order chi connectivity index (χ0) is 16.1. The van der Waals surface area contributed by atoms with Crippen molar-refractivity contribution in [2.24, 2.45) is 13.0 Å². The minimum atomic E-state index is 0.130. The van der Waals surface area contributed by atoms with Gasteiger partial charge in [0.1, 0.15) is 0 Å². The fourth-order valence-electron chi connectivity index (χ4n) is 4.05. The first kappa shape index (κ1) is 14.5. The molecule has 0 radical (unpaired) electrons. The highest BCUT2D eigenvalue weighted by Gasteiger charge is 2.47. The summed E-state index contributed by atoms with van der Waals surface area (Å²) in [5, 5.41) is 4.24. The van der Waals surface area contributed by atoms with Gasteiger partial charge in [-0.05, 0) is 55.7 Å². The van der Waals surface area contributed by atoms with Gasteiger partial charge in [0.05, 0.1) is 6.20 Å². The molecular weight excluding hydrogens is 286 g/mol. The van der Waals surface area contributed by atoms with Gasteiger partial charge < -0.3 is 4.90 Å². The lowest BCUT2D eigenvalue weighted by molar-refractivity contribution is -0.120. The number of carbonyl (C=O) groups is 1. The van der Waals surface area contributed by atoms with Crippen molar-refractivity contribution in [3.05, 3.63) is 46.8 Å². The summed E-state index contributed by atoms with van der Waals surface area (Å²) >= 11 is 0. The van der Waals surface area contributed by atoms with Crippen LogP contribution >= 0.6 is 0 Å². The predicted molar refractivity (Wildman–Crippen MR) is 90.6 cm³/mol. The molecule has 1 saturated carbocycles. The Hall–Kier alpha value is -2.10. The third-order valence-electron chi connectivity index (χ3n) is 5.15. The van der Waals surface area contributed by atoms with E-state index in [1.807, 2.05) is 24.1 Å². The van der Waals surface area contributed by atoms with Crippen molar-refractivity contribution in [2.75, 3.05) is 11.4 Å². The molecule has 1 aromatic carbocycles. The number of rotatable bonds is 2. The van der Waals surface area contributed by atoms with E-state index in [2.05, 4.69) is 36.0 Å². The maximum atomic E-state index is 13.0. The quantitative estimate of drug-likeness (QED) is 0.855. The van der Waals surface area contributed by atoms with Crippen LogP contribution < -0.4 is 4.90 Å². The van der Waals surface area contributed by atoms with E-state index < -0.39 is 0 Å². The third kappa shape index (κ3) is 2.46. The number of amides is 1. The normalized spacial score (nSPS) is 22.8. The Bertz CT molecular complexity index is 777. The van der Waals surface area contributed by atoms with Crippen LogP contribution in [-0.2, 0) is 18.3 Å². The van der Waals surface area contributed by atoms with Gasteiger partial charge in [0.2, 0.25) is 5.91 Å². The molecule has 2 aromatic rings. The largest absolute Gasteiger partial charge is 0.312 e. The lowest BCUT2D eigenvalue weighted by Gasteiger charge is -2.31. The Labute approximate surface area is 137 Å². The number of anilines is 1. The molecule has 0 N–H and O–H groups in total. The second-order valence-corrected chi connectivity index (χ2v) is 7.08. The van der Waals surface area contributed by atoms with Gasteiger partial charge in [0.15, 0.2) is 0 Å². The summed E-state index contributed by atoms with van der Waals surface area (Å²) in [5.41, 5.74) is 6.22.